The molecule has 6 N–H and O–H groups in total. The number of amides is 11. The molecule has 502 valence electrons. The van der Waals surface area contributed by atoms with Gasteiger partial charge in [0.05, 0.1) is 12.2 Å². The van der Waals surface area contributed by atoms with Gasteiger partial charge in [-0.15, -0.1) is 0 Å². The van der Waals surface area contributed by atoms with E-state index in [4.69, 9.17) is 0 Å². The highest BCUT2D eigenvalue weighted by molar-refractivity contribution is 6.00. The number of fused-ring (bicyclic) bond motifs is 1. The van der Waals surface area contributed by atoms with E-state index in [2.05, 4.69) is 21.3 Å². The van der Waals surface area contributed by atoms with Crippen LogP contribution in [0.4, 0.5) is 0 Å². The maximum atomic E-state index is 15.2. The van der Waals surface area contributed by atoms with Crippen LogP contribution in [0.15, 0.2) is 12.2 Å². The van der Waals surface area contributed by atoms with Crippen LogP contribution in [0.25, 0.3) is 0 Å². The summed E-state index contributed by atoms with van der Waals surface area (Å²) >= 11 is 0. The zero-order valence-electron chi connectivity index (χ0n) is 57.4. The molecule has 14 atom stereocenters. The minimum Gasteiger partial charge on any atom is -0.391 e. The summed E-state index contributed by atoms with van der Waals surface area (Å²) < 4.78 is 0. The number of rotatable bonds is 15. The monoisotopic (exact) mass is 1240 g/mol. The highest BCUT2D eigenvalue weighted by atomic mass is 16.3. The molecule has 24 heteroatoms. The Morgan fingerprint density at radius 2 is 0.898 bits per heavy atom. The van der Waals surface area contributed by atoms with Gasteiger partial charge in [0.2, 0.25) is 65.0 Å². The van der Waals surface area contributed by atoms with Crippen molar-refractivity contribution in [2.24, 2.45) is 41.4 Å². The number of likely N-dealkylation sites (N-methyl/N-ethyl adjacent to an activating group) is 6. The number of carbonyl (C=O) groups is 11. The molecule has 0 bridgehead atoms. The number of hydrogen-bond donors (Lipinski definition) is 6. The molecule has 24 nitrogen and oxygen atoms in total. The van der Waals surface area contributed by atoms with Gasteiger partial charge in [0.1, 0.15) is 66.5 Å². The van der Waals surface area contributed by atoms with Gasteiger partial charge in [-0.2, -0.15) is 0 Å². The van der Waals surface area contributed by atoms with Crippen LogP contribution in [0, 0.1) is 41.4 Å². The van der Waals surface area contributed by atoms with Crippen LogP contribution in [0.5, 0.6) is 0 Å². The largest absolute Gasteiger partial charge is 0.391 e. The summed E-state index contributed by atoms with van der Waals surface area (Å²) in [5, 5.41) is 34.4. The smallest absolute Gasteiger partial charge is 0.246 e. The first-order valence-electron chi connectivity index (χ1n) is 31.8. The topological polar surface area (TPSA) is 299 Å². The maximum Gasteiger partial charge on any atom is 0.246 e. The molecule has 0 spiro atoms. The van der Waals surface area contributed by atoms with E-state index in [0.717, 1.165) is 9.80 Å². The van der Waals surface area contributed by atoms with Crippen LogP contribution in [-0.4, -0.2) is 237 Å². The van der Waals surface area contributed by atoms with E-state index in [1.165, 1.54) is 80.6 Å². The number of carbonyl (C=O) groups excluding carboxylic acids is 11. The molecule has 2 aliphatic rings. The van der Waals surface area contributed by atoms with Crippen molar-refractivity contribution in [3.63, 3.8) is 0 Å². The quantitative estimate of drug-likeness (QED) is 0.129. The molecule has 0 aromatic carbocycles. The molecule has 0 aromatic heterocycles. The van der Waals surface area contributed by atoms with E-state index >= 15 is 9.59 Å². The molecule has 2 rings (SSSR count). The third-order valence-corrected chi connectivity index (χ3v) is 17.1. The van der Waals surface area contributed by atoms with Gasteiger partial charge in [0, 0.05) is 55.3 Å². The maximum absolute atomic E-state index is 15.2. The van der Waals surface area contributed by atoms with E-state index in [1.807, 2.05) is 55.4 Å². The first-order chi connectivity index (χ1) is 40.7. The van der Waals surface area contributed by atoms with Crippen LogP contribution < -0.4 is 21.3 Å². The van der Waals surface area contributed by atoms with Crippen LogP contribution >= 0.6 is 0 Å². The Hall–Kier alpha value is -6.17. The Balaban J connectivity index is 3.04. The molecule has 2 fully saturated rings. The highest BCUT2D eigenvalue weighted by Gasteiger charge is 2.48. The van der Waals surface area contributed by atoms with Crippen molar-refractivity contribution in [1.29, 1.82) is 0 Å². The van der Waals surface area contributed by atoms with Gasteiger partial charge in [-0.05, 0) is 101 Å². The molecule has 2 saturated heterocycles. The standard InChI is InChI=1S/C64H113N11O13/c1-24-26-27-40(15)53(77)52-57(81)67-44(25-2)59(83)75-33-43(76)32-49(75)62(86)69(18)46(29-35(5)6)56(80)68-50(38(11)12)63(87)70(19)45(28-34(3)4)55(79)65-41(16)54(78)66-42(17)58(82)71(20)47(30-36(7)8)60(84)72(21)48(31-37(9)10)61(85)73(22)51(39(13)14)64(88)74(52)23/h24,26,34-53,76-77H,25,27-33H2,1-23H3,(H,65,79)(H,66,78)(H,67,81)(H,68,80)/b26-24+/t40-,41+,42-,43?,44+,45+,46+,47+,48+,49-,50+,51+,52+,53-/m1/s1. The van der Waals surface area contributed by atoms with Crippen LogP contribution in [0.1, 0.15) is 163 Å². The van der Waals surface area contributed by atoms with Gasteiger partial charge in [-0.3, -0.25) is 52.7 Å². The average Bonchev–Trinajstić information content (AvgIpc) is 2.48. The lowest BCUT2D eigenvalue weighted by Gasteiger charge is -2.41. The molecule has 11 amide bonds. The van der Waals surface area contributed by atoms with E-state index in [9.17, 15) is 53.4 Å². The number of allylic oxidation sites excluding steroid dienone is 2. The Bertz CT molecular complexity index is 2450. The number of nitrogens with zero attached hydrogens (tertiary/aromatic N) is 7. The van der Waals surface area contributed by atoms with Gasteiger partial charge in [-0.25, -0.2) is 0 Å². The van der Waals surface area contributed by atoms with E-state index in [1.54, 1.807) is 60.6 Å². The van der Waals surface area contributed by atoms with Crippen molar-refractivity contribution in [3.8, 4) is 0 Å². The summed E-state index contributed by atoms with van der Waals surface area (Å²) in [5.74, 6) is -10.2. The number of nitrogens with one attached hydrogen (secondary N) is 4. The Kier molecular flexibility index (Phi) is 30.7. The second kappa shape index (κ2) is 34.7. The molecule has 2 aliphatic heterocycles. The third-order valence-electron chi connectivity index (χ3n) is 17.1. The van der Waals surface area contributed by atoms with Crippen molar-refractivity contribution in [1.82, 2.24) is 55.6 Å². The van der Waals surface area contributed by atoms with Crippen LogP contribution in [-0.2, 0) is 52.7 Å². The van der Waals surface area contributed by atoms with Crippen molar-refractivity contribution in [3.05, 3.63) is 12.2 Å². The minimum absolute atomic E-state index is 0.0377. The second-order valence-corrected chi connectivity index (χ2v) is 27.2. The van der Waals surface area contributed by atoms with E-state index in [0.29, 0.717) is 0 Å². The van der Waals surface area contributed by atoms with Crippen LogP contribution in [0.3, 0.4) is 0 Å². The van der Waals surface area contributed by atoms with Gasteiger partial charge in [0.25, 0.3) is 0 Å². The summed E-state index contributed by atoms with van der Waals surface area (Å²) in [6.45, 7) is 29.4. The third kappa shape index (κ3) is 20.4. The lowest BCUT2D eigenvalue weighted by Crippen LogP contribution is -2.64. The predicted molar refractivity (Wildman–Crippen MR) is 337 cm³/mol. The summed E-state index contributed by atoms with van der Waals surface area (Å²) in [4.78, 5) is 171. The molecular formula is C64H113N11O13. The molecule has 0 radical (unpaired) electrons. The number of aliphatic hydroxyl groups is 2. The molecule has 0 saturated carbocycles. The summed E-state index contributed by atoms with van der Waals surface area (Å²) in [6, 6.07) is -14.0. The lowest BCUT2D eigenvalue weighted by molar-refractivity contribution is -0.157. The van der Waals surface area contributed by atoms with Crippen molar-refractivity contribution < 1.29 is 63.0 Å². The molecule has 0 aliphatic carbocycles. The Morgan fingerprint density at radius 1 is 0.477 bits per heavy atom. The Labute approximate surface area is 525 Å². The van der Waals surface area contributed by atoms with Gasteiger partial charge < -0.3 is 65.8 Å². The molecule has 0 aromatic rings. The van der Waals surface area contributed by atoms with Crippen molar-refractivity contribution in [2.45, 2.75) is 241 Å². The number of hydrogen-bond acceptors (Lipinski definition) is 13. The van der Waals surface area contributed by atoms with E-state index in [-0.39, 0.29) is 75.2 Å². The fourth-order valence-electron chi connectivity index (χ4n) is 11.7. The zero-order chi connectivity index (χ0) is 67.8. The minimum atomic E-state index is -1.66. The van der Waals surface area contributed by atoms with Gasteiger partial charge in [0.15, 0.2) is 0 Å². The van der Waals surface area contributed by atoms with Gasteiger partial charge in [-0.1, -0.05) is 109 Å². The highest BCUT2D eigenvalue weighted by Crippen LogP contribution is 2.28. The summed E-state index contributed by atoms with van der Waals surface area (Å²) in [5.41, 5.74) is 0. The summed E-state index contributed by atoms with van der Waals surface area (Å²) in [6.07, 6.45) is 1.41. The number of aliphatic hydroxyl groups excluding tert-OH is 2. The first kappa shape index (κ1) is 77.9. The Morgan fingerprint density at radius 3 is 1.35 bits per heavy atom. The van der Waals surface area contributed by atoms with Crippen LogP contribution in [0.2, 0.25) is 0 Å². The normalized spacial score (nSPS) is 28.7. The second-order valence-electron chi connectivity index (χ2n) is 27.2. The first-order valence-corrected chi connectivity index (χ1v) is 31.8. The summed E-state index contributed by atoms with van der Waals surface area (Å²) in [7, 11) is 8.48. The van der Waals surface area contributed by atoms with Crippen molar-refractivity contribution >= 4 is 65.0 Å². The van der Waals surface area contributed by atoms with Crippen molar-refractivity contribution in [2.75, 3.05) is 48.8 Å². The van der Waals surface area contributed by atoms with Gasteiger partial charge >= 0.3 is 0 Å². The van der Waals surface area contributed by atoms with E-state index < -0.39 is 161 Å². The fourth-order valence-corrected chi connectivity index (χ4v) is 11.7. The average molecular weight is 1240 g/mol. The lowest BCUT2D eigenvalue weighted by atomic mass is 9.91. The zero-order valence-corrected chi connectivity index (χ0v) is 57.4. The molecule has 88 heavy (non-hydrogen) atoms. The molecule has 1 unspecified atom stereocenters. The fraction of sp³-hybridized carbons (Fsp3) is 0.797. The molecular weight excluding hydrogens is 1130 g/mol. The molecule has 2 heterocycles. The predicted octanol–water partition coefficient (Wildman–Crippen LogP) is 2.77. The SMILES string of the molecule is C/C=C/C[C@@H](C)[C@@H](O)[C@H]1C(=O)N[C@@H](CC)C(=O)N2CC(O)C[C@@H]2C(=O)N(C)[C@@H](CC(C)C)C(=O)N[C@@H](C(C)C)C(=O)N(C)[C@@H](CC(C)C)C(=O)N[C@@H](C)C(=O)N[C@H](C)C(=O)N(C)[C@@H](CC(C)C)C(=O)N(C)[C@@H](CC(C)C)C(=O)N(C)[C@@H](C(C)C)C(=O)N1C.